The standard InChI is InChI=1S/C22H20N2O3S/c1-4-9-24-17-7-6-16(14(2)3)12-20(17)28-22(24)23-21(25)11-15-5-8-18-19(10-15)27-13-26-18/h1,5-8,10,12,14H,9,11,13H2,2-3H3. The topological polar surface area (TPSA) is 52.8 Å². The zero-order valence-electron chi connectivity index (χ0n) is 15.8. The van der Waals surface area contributed by atoms with Crippen LogP contribution in [0.4, 0.5) is 0 Å². The van der Waals surface area contributed by atoms with Crippen molar-refractivity contribution in [3.8, 4) is 23.8 Å². The van der Waals surface area contributed by atoms with Gasteiger partial charge in [-0.05, 0) is 41.3 Å². The number of rotatable bonds is 4. The van der Waals surface area contributed by atoms with Gasteiger partial charge in [0.1, 0.15) is 0 Å². The molecule has 1 amide bonds. The minimum Gasteiger partial charge on any atom is -0.454 e. The molecule has 0 unspecified atom stereocenters. The SMILES string of the molecule is C#CCn1c(=NC(=O)Cc2ccc3c(c2)OCO3)sc2cc(C(C)C)ccc21. The van der Waals surface area contributed by atoms with Gasteiger partial charge in [0.05, 0.1) is 23.2 Å². The Balaban J connectivity index is 1.68. The molecule has 0 N–H and O–H groups in total. The maximum atomic E-state index is 12.6. The molecule has 28 heavy (non-hydrogen) atoms. The summed E-state index contributed by atoms with van der Waals surface area (Å²) in [7, 11) is 0. The van der Waals surface area contributed by atoms with Crippen LogP contribution in [0.15, 0.2) is 41.4 Å². The average Bonchev–Trinajstić information content (AvgIpc) is 3.26. The highest BCUT2D eigenvalue weighted by Gasteiger charge is 2.15. The van der Waals surface area contributed by atoms with E-state index in [1.54, 1.807) is 0 Å². The van der Waals surface area contributed by atoms with Crippen LogP contribution in [0.2, 0.25) is 0 Å². The number of aromatic nitrogens is 1. The van der Waals surface area contributed by atoms with Crippen molar-refractivity contribution in [3.05, 3.63) is 52.3 Å². The molecule has 0 saturated heterocycles. The molecular formula is C22H20N2O3S. The van der Waals surface area contributed by atoms with E-state index in [-0.39, 0.29) is 19.1 Å². The molecule has 142 valence electrons. The molecule has 1 aromatic heterocycles. The van der Waals surface area contributed by atoms with Gasteiger partial charge >= 0.3 is 0 Å². The van der Waals surface area contributed by atoms with Crippen LogP contribution in [-0.4, -0.2) is 17.3 Å². The van der Waals surface area contributed by atoms with Crippen LogP contribution in [0.1, 0.15) is 30.9 Å². The Morgan fingerprint density at radius 3 is 2.86 bits per heavy atom. The summed E-state index contributed by atoms with van der Waals surface area (Å²) in [5.74, 6) is 4.23. The molecular weight excluding hydrogens is 372 g/mol. The van der Waals surface area contributed by atoms with E-state index in [1.807, 2.05) is 22.8 Å². The number of terminal acetylenes is 1. The monoisotopic (exact) mass is 392 g/mol. The van der Waals surface area contributed by atoms with E-state index < -0.39 is 0 Å². The number of carbonyl (C=O) groups excluding carboxylic acids is 1. The second-order valence-corrected chi connectivity index (χ2v) is 7.94. The fourth-order valence-corrected chi connectivity index (χ4v) is 4.25. The molecule has 3 aromatic rings. The molecule has 0 saturated carbocycles. The summed E-state index contributed by atoms with van der Waals surface area (Å²) < 4.78 is 13.7. The van der Waals surface area contributed by atoms with Crippen LogP contribution in [0, 0.1) is 12.3 Å². The van der Waals surface area contributed by atoms with Gasteiger partial charge in [-0.25, -0.2) is 0 Å². The van der Waals surface area contributed by atoms with E-state index in [0.717, 1.165) is 15.8 Å². The zero-order chi connectivity index (χ0) is 19.7. The summed E-state index contributed by atoms with van der Waals surface area (Å²) in [5, 5.41) is 0. The molecule has 0 spiro atoms. The molecule has 1 aliphatic rings. The smallest absolute Gasteiger partial charge is 0.252 e. The highest BCUT2D eigenvalue weighted by molar-refractivity contribution is 7.16. The number of amides is 1. The number of ether oxygens (including phenoxy) is 2. The summed E-state index contributed by atoms with van der Waals surface area (Å²) >= 11 is 1.49. The molecule has 0 radical (unpaired) electrons. The Morgan fingerprint density at radius 1 is 1.25 bits per heavy atom. The third-order valence-electron chi connectivity index (χ3n) is 4.64. The van der Waals surface area contributed by atoms with Crippen molar-refractivity contribution in [1.82, 2.24) is 4.57 Å². The lowest BCUT2D eigenvalue weighted by atomic mass is 10.0. The fraction of sp³-hybridized carbons (Fsp3) is 0.273. The maximum absolute atomic E-state index is 12.6. The van der Waals surface area contributed by atoms with Gasteiger partial charge in [0.15, 0.2) is 16.3 Å². The molecule has 4 rings (SSSR count). The van der Waals surface area contributed by atoms with E-state index in [0.29, 0.717) is 28.8 Å². The van der Waals surface area contributed by atoms with Gasteiger partial charge in [-0.15, -0.1) is 6.42 Å². The minimum atomic E-state index is -0.222. The number of carbonyl (C=O) groups is 1. The summed E-state index contributed by atoms with van der Waals surface area (Å²) in [6.45, 7) is 4.90. The minimum absolute atomic E-state index is 0.193. The quantitative estimate of drug-likeness (QED) is 0.634. The van der Waals surface area contributed by atoms with Crippen molar-refractivity contribution in [2.75, 3.05) is 6.79 Å². The lowest BCUT2D eigenvalue weighted by Crippen LogP contribution is -2.17. The van der Waals surface area contributed by atoms with Crippen LogP contribution in [0.25, 0.3) is 10.2 Å². The third-order valence-corrected chi connectivity index (χ3v) is 5.68. The van der Waals surface area contributed by atoms with E-state index in [1.165, 1.54) is 16.9 Å². The molecule has 0 aliphatic carbocycles. The lowest BCUT2D eigenvalue weighted by molar-refractivity contribution is -0.117. The highest BCUT2D eigenvalue weighted by atomic mass is 32.1. The number of nitrogens with zero attached hydrogens (tertiary/aromatic N) is 2. The number of benzene rings is 2. The van der Waals surface area contributed by atoms with Crippen LogP contribution in [0.5, 0.6) is 11.5 Å². The first-order chi connectivity index (χ1) is 13.5. The Kier molecular flexibility index (Phi) is 4.93. The normalized spacial score (nSPS) is 13.3. The molecule has 2 aromatic carbocycles. The Hall–Kier alpha value is -3.04. The largest absolute Gasteiger partial charge is 0.454 e. The van der Waals surface area contributed by atoms with Crippen molar-refractivity contribution in [2.24, 2.45) is 4.99 Å². The van der Waals surface area contributed by atoms with Gasteiger partial charge in [-0.1, -0.05) is 43.2 Å². The van der Waals surface area contributed by atoms with Crippen molar-refractivity contribution in [1.29, 1.82) is 0 Å². The summed E-state index contributed by atoms with van der Waals surface area (Å²) in [4.78, 5) is 17.6. The summed E-state index contributed by atoms with van der Waals surface area (Å²) in [5.41, 5.74) is 3.09. The number of hydrogen-bond acceptors (Lipinski definition) is 4. The van der Waals surface area contributed by atoms with E-state index in [4.69, 9.17) is 15.9 Å². The van der Waals surface area contributed by atoms with Crippen molar-refractivity contribution < 1.29 is 14.3 Å². The van der Waals surface area contributed by atoms with Crippen LogP contribution in [0.3, 0.4) is 0 Å². The number of fused-ring (bicyclic) bond motifs is 2. The molecule has 5 nitrogen and oxygen atoms in total. The predicted octanol–water partition coefficient (Wildman–Crippen LogP) is 3.86. The fourth-order valence-electron chi connectivity index (χ4n) is 3.15. The van der Waals surface area contributed by atoms with E-state index in [9.17, 15) is 4.79 Å². The van der Waals surface area contributed by atoms with Gasteiger partial charge < -0.3 is 14.0 Å². The maximum Gasteiger partial charge on any atom is 0.252 e. The van der Waals surface area contributed by atoms with Crippen LogP contribution < -0.4 is 14.3 Å². The zero-order valence-corrected chi connectivity index (χ0v) is 16.6. The molecule has 6 heteroatoms. The lowest BCUT2D eigenvalue weighted by Gasteiger charge is -2.05. The van der Waals surface area contributed by atoms with Gasteiger partial charge in [0, 0.05) is 0 Å². The first kappa shape index (κ1) is 18.3. The molecule has 2 heterocycles. The first-order valence-corrected chi connectivity index (χ1v) is 9.89. The van der Waals surface area contributed by atoms with Crippen LogP contribution >= 0.6 is 11.3 Å². The molecule has 1 aliphatic heterocycles. The number of hydrogen-bond donors (Lipinski definition) is 0. The second-order valence-electron chi connectivity index (χ2n) is 6.93. The Morgan fingerprint density at radius 2 is 2.07 bits per heavy atom. The molecule has 0 fully saturated rings. The third kappa shape index (κ3) is 3.54. The van der Waals surface area contributed by atoms with Gasteiger partial charge in [-0.3, -0.25) is 4.79 Å². The van der Waals surface area contributed by atoms with Gasteiger partial charge in [0.2, 0.25) is 6.79 Å². The van der Waals surface area contributed by atoms with Crippen molar-refractivity contribution >= 4 is 27.5 Å². The molecule has 0 atom stereocenters. The van der Waals surface area contributed by atoms with Crippen LogP contribution in [-0.2, 0) is 17.8 Å². The average molecular weight is 392 g/mol. The van der Waals surface area contributed by atoms with Gasteiger partial charge in [-0.2, -0.15) is 4.99 Å². The predicted molar refractivity (Wildman–Crippen MR) is 110 cm³/mol. The van der Waals surface area contributed by atoms with Crippen molar-refractivity contribution in [3.63, 3.8) is 0 Å². The number of thiazole rings is 1. The van der Waals surface area contributed by atoms with Crippen molar-refractivity contribution in [2.45, 2.75) is 32.7 Å². The van der Waals surface area contributed by atoms with E-state index >= 15 is 0 Å². The Labute approximate surface area is 167 Å². The summed E-state index contributed by atoms with van der Waals surface area (Å²) in [6.07, 6.45) is 5.74. The highest BCUT2D eigenvalue weighted by Crippen LogP contribution is 2.32. The van der Waals surface area contributed by atoms with E-state index in [2.05, 4.69) is 43.0 Å². The Bertz CT molecular complexity index is 1160. The second kappa shape index (κ2) is 7.53. The first-order valence-electron chi connectivity index (χ1n) is 9.08. The van der Waals surface area contributed by atoms with Gasteiger partial charge in [0.25, 0.3) is 5.91 Å². The summed E-state index contributed by atoms with van der Waals surface area (Å²) in [6, 6.07) is 11.8. The molecule has 0 bridgehead atoms.